The molecular formula is C30H45FN2. The van der Waals surface area contributed by atoms with E-state index in [0.717, 1.165) is 29.9 Å². The maximum absolute atomic E-state index is 14.6. The zero-order valence-electron chi connectivity index (χ0n) is 21.1. The summed E-state index contributed by atoms with van der Waals surface area (Å²) in [6.45, 7) is 4.48. The summed E-state index contributed by atoms with van der Waals surface area (Å²) in [5.41, 5.74) is 2.84. The average molecular weight is 453 g/mol. The van der Waals surface area contributed by atoms with Gasteiger partial charge in [0.1, 0.15) is 5.82 Å². The lowest BCUT2D eigenvalue weighted by molar-refractivity contribution is 0.301. The van der Waals surface area contributed by atoms with Crippen LogP contribution in [0.1, 0.15) is 127 Å². The number of hydrogen-bond acceptors (Lipinski definition) is 2. The molecule has 1 aromatic heterocycles. The fourth-order valence-corrected chi connectivity index (χ4v) is 5.33. The molecule has 1 saturated carbocycles. The molecule has 3 heteroatoms. The number of aromatic nitrogens is 2. The largest absolute Gasteiger partial charge is 0.236 e. The Bertz CT molecular complexity index is 793. The second kappa shape index (κ2) is 14.5. The third-order valence-corrected chi connectivity index (χ3v) is 7.57. The van der Waals surface area contributed by atoms with E-state index in [-0.39, 0.29) is 5.82 Å². The molecule has 0 aliphatic heterocycles. The van der Waals surface area contributed by atoms with Gasteiger partial charge in [-0.1, -0.05) is 90.2 Å². The Morgan fingerprint density at radius 1 is 0.788 bits per heavy atom. The quantitative estimate of drug-likeness (QED) is 0.267. The lowest BCUT2D eigenvalue weighted by Gasteiger charge is -2.28. The number of aryl methyl sites for hydroxylation is 1. The van der Waals surface area contributed by atoms with Gasteiger partial charge in [-0.15, -0.1) is 0 Å². The van der Waals surface area contributed by atoms with Crippen molar-refractivity contribution in [3.8, 4) is 11.4 Å². The first-order chi connectivity index (χ1) is 16.2. The lowest BCUT2D eigenvalue weighted by atomic mass is 9.77. The first kappa shape index (κ1) is 25.8. The van der Waals surface area contributed by atoms with Gasteiger partial charge < -0.3 is 0 Å². The van der Waals surface area contributed by atoms with Crippen LogP contribution in [0.2, 0.25) is 0 Å². The fourth-order valence-electron chi connectivity index (χ4n) is 5.33. The molecule has 2 aromatic rings. The van der Waals surface area contributed by atoms with E-state index in [1.807, 2.05) is 24.5 Å². The summed E-state index contributed by atoms with van der Waals surface area (Å²) in [6.07, 6.45) is 24.4. The van der Waals surface area contributed by atoms with Gasteiger partial charge in [0.05, 0.1) is 0 Å². The van der Waals surface area contributed by atoms with Gasteiger partial charge in [0.15, 0.2) is 5.82 Å². The standard InChI is InChI=1S/C30H45FN2/c1-3-5-7-9-10-11-13-24-15-17-25(18-16-24)28-22-32-30(33-23-28)27-20-19-26(29(31)21-27)14-12-8-6-4-2/h19-25H,3-18H2,1-2H3/t24-,25-. The molecule has 0 unspecified atom stereocenters. The SMILES string of the molecule is CCCCCCCC[C@H]1CC[C@H](c2cnc(-c3ccc(CCCCCC)c(F)c3)nc2)CC1. The van der Waals surface area contributed by atoms with Crippen LogP contribution in [0.4, 0.5) is 4.39 Å². The lowest BCUT2D eigenvalue weighted by Crippen LogP contribution is -2.14. The van der Waals surface area contributed by atoms with Crippen LogP contribution >= 0.6 is 0 Å². The maximum atomic E-state index is 14.6. The Morgan fingerprint density at radius 2 is 1.42 bits per heavy atom. The highest BCUT2D eigenvalue weighted by molar-refractivity contribution is 5.55. The van der Waals surface area contributed by atoms with E-state index in [1.54, 1.807) is 6.07 Å². The number of halogens is 1. The molecule has 0 atom stereocenters. The van der Waals surface area contributed by atoms with Crippen molar-refractivity contribution in [1.82, 2.24) is 9.97 Å². The maximum Gasteiger partial charge on any atom is 0.159 e. The van der Waals surface area contributed by atoms with Crippen LogP contribution in [-0.4, -0.2) is 9.97 Å². The molecule has 0 bridgehead atoms. The second-order valence-electron chi connectivity index (χ2n) is 10.2. The van der Waals surface area contributed by atoms with E-state index in [1.165, 1.54) is 95.5 Å². The van der Waals surface area contributed by atoms with Crippen molar-refractivity contribution in [1.29, 1.82) is 0 Å². The summed E-state index contributed by atoms with van der Waals surface area (Å²) < 4.78 is 14.6. The zero-order chi connectivity index (χ0) is 23.3. The van der Waals surface area contributed by atoms with Gasteiger partial charge in [-0.2, -0.15) is 0 Å². The molecule has 0 amide bonds. The summed E-state index contributed by atoms with van der Waals surface area (Å²) in [4.78, 5) is 9.22. The van der Waals surface area contributed by atoms with E-state index in [2.05, 4.69) is 23.8 Å². The number of nitrogens with zero attached hydrogens (tertiary/aromatic N) is 2. The summed E-state index contributed by atoms with van der Waals surface area (Å²) in [6, 6.07) is 5.50. The summed E-state index contributed by atoms with van der Waals surface area (Å²) in [5, 5.41) is 0. The van der Waals surface area contributed by atoms with Crippen LogP contribution in [0.25, 0.3) is 11.4 Å². The van der Waals surface area contributed by atoms with Crippen LogP contribution < -0.4 is 0 Å². The third kappa shape index (κ3) is 8.50. The molecule has 0 radical (unpaired) electrons. The van der Waals surface area contributed by atoms with Gasteiger partial charge in [0.2, 0.25) is 0 Å². The van der Waals surface area contributed by atoms with E-state index in [9.17, 15) is 4.39 Å². The van der Waals surface area contributed by atoms with Crippen LogP contribution in [-0.2, 0) is 6.42 Å². The highest BCUT2D eigenvalue weighted by Crippen LogP contribution is 2.37. The van der Waals surface area contributed by atoms with Crippen LogP contribution in [0.5, 0.6) is 0 Å². The van der Waals surface area contributed by atoms with Crippen molar-refractivity contribution in [2.45, 2.75) is 122 Å². The molecular weight excluding hydrogens is 407 g/mol. The molecule has 1 aromatic carbocycles. The van der Waals surface area contributed by atoms with Gasteiger partial charge in [0, 0.05) is 18.0 Å². The predicted molar refractivity (Wildman–Crippen MR) is 138 cm³/mol. The van der Waals surface area contributed by atoms with Gasteiger partial charge in [-0.3, -0.25) is 0 Å². The molecule has 0 N–H and O–H groups in total. The Morgan fingerprint density at radius 3 is 2.09 bits per heavy atom. The highest BCUT2D eigenvalue weighted by atomic mass is 19.1. The van der Waals surface area contributed by atoms with Gasteiger partial charge in [-0.05, 0) is 67.6 Å². The van der Waals surface area contributed by atoms with Crippen molar-refractivity contribution < 1.29 is 4.39 Å². The van der Waals surface area contributed by atoms with Crippen molar-refractivity contribution in [2.75, 3.05) is 0 Å². The third-order valence-electron chi connectivity index (χ3n) is 7.57. The Hall–Kier alpha value is -1.77. The molecule has 33 heavy (non-hydrogen) atoms. The molecule has 0 saturated heterocycles. The number of benzene rings is 1. The number of unbranched alkanes of at least 4 members (excludes halogenated alkanes) is 8. The van der Waals surface area contributed by atoms with Crippen LogP contribution in [0.3, 0.4) is 0 Å². The Kier molecular flexibility index (Phi) is 11.3. The molecule has 1 aliphatic rings. The van der Waals surface area contributed by atoms with Crippen molar-refractivity contribution in [2.24, 2.45) is 5.92 Å². The van der Waals surface area contributed by atoms with E-state index < -0.39 is 0 Å². The predicted octanol–water partition coefficient (Wildman–Crippen LogP) is 9.43. The van der Waals surface area contributed by atoms with Crippen LogP contribution in [0, 0.1) is 11.7 Å². The second-order valence-corrected chi connectivity index (χ2v) is 10.2. The van der Waals surface area contributed by atoms with Crippen molar-refractivity contribution in [3.05, 3.63) is 47.5 Å². The molecule has 0 spiro atoms. The van der Waals surface area contributed by atoms with Gasteiger partial charge in [0.25, 0.3) is 0 Å². The topological polar surface area (TPSA) is 25.8 Å². The molecule has 1 aliphatic carbocycles. The molecule has 1 fully saturated rings. The first-order valence-electron chi connectivity index (χ1n) is 13.8. The monoisotopic (exact) mass is 452 g/mol. The van der Waals surface area contributed by atoms with Crippen molar-refractivity contribution >= 4 is 0 Å². The highest BCUT2D eigenvalue weighted by Gasteiger charge is 2.22. The molecule has 3 rings (SSSR count). The smallest absolute Gasteiger partial charge is 0.159 e. The minimum absolute atomic E-state index is 0.125. The van der Waals surface area contributed by atoms with E-state index in [4.69, 9.17) is 0 Å². The van der Waals surface area contributed by atoms with Gasteiger partial charge in [-0.25, -0.2) is 14.4 Å². The Labute approximate surface area is 201 Å². The van der Waals surface area contributed by atoms with E-state index >= 15 is 0 Å². The minimum atomic E-state index is -0.125. The first-order valence-corrected chi connectivity index (χ1v) is 13.8. The fraction of sp³-hybridized carbons (Fsp3) is 0.667. The number of rotatable bonds is 14. The van der Waals surface area contributed by atoms with Gasteiger partial charge >= 0.3 is 0 Å². The molecule has 2 nitrogen and oxygen atoms in total. The number of hydrogen-bond donors (Lipinski definition) is 0. The average Bonchev–Trinajstić information content (AvgIpc) is 2.85. The van der Waals surface area contributed by atoms with Crippen LogP contribution in [0.15, 0.2) is 30.6 Å². The van der Waals surface area contributed by atoms with E-state index in [0.29, 0.717) is 11.7 Å². The summed E-state index contributed by atoms with van der Waals surface area (Å²) in [5.74, 6) is 2.01. The summed E-state index contributed by atoms with van der Waals surface area (Å²) >= 11 is 0. The zero-order valence-corrected chi connectivity index (χ0v) is 21.1. The van der Waals surface area contributed by atoms with Crippen molar-refractivity contribution in [3.63, 3.8) is 0 Å². The molecule has 1 heterocycles. The molecule has 182 valence electrons. The normalized spacial score (nSPS) is 18.5. The minimum Gasteiger partial charge on any atom is -0.236 e. The summed E-state index contributed by atoms with van der Waals surface area (Å²) in [7, 11) is 0. The Balaban J connectivity index is 1.44.